The number of urea groups is 1. The third-order valence-electron chi connectivity index (χ3n) is 4.79. The molecule has 10 heteroatoms. The number of amides is 2. The first-order valence-electron chi connectivity index (χ1n) is 9.98. The molecule has 0 aliphatic heterocycles. The number of carbonyl (C=O) groups is 1. The number of nitrogens with one attached hydrogen (secondary N) is 2. The summed E-state index contributed by atoms with van der Waals surface area (Å²) in [4.78, 5) is 16.0. The fraction of sp³-hybridized carbons (Fsp3) is 0. The third-order valence-corrected chi connectivity index (χ3v) is 7.01. The summed E-state index contributed by atoms with van der Waals surface area (Å²) in [6.45, 7) is 0. The number of aromatic nitrogens is 1. The maximum Gasteiger partial charge on any atom is 0.323 e. The largest absolute Gasteiger partial charge is 0.323 e. The standard InChI is InChI=1S/C24H18ClFN4O3S/c25-30(22-10-8-20(9-11-22)28-24(31)29-21-12-14-27-15-13-21)34(32,33)23-3-1-2-18(16-23)17-4-6-19(26)7-5-17/h1-16H,(H2,27,28,29,31). The molecule has 0 spiro atoms. The predicted octanol–water partition coefficient (Wildman–Crippen LogP) is 5.88. The minimum Gasteiger partial charge on any atom is -0.308 e. The van der Waals surface area contributed by atoms with Crippen molar-refractivity contribution in [1.29, 1.82) is 0 Å². The van der Waals surface area contributed by atoms with Gasteiger partial charge >= 0.3 is 6.03 Å². The normalized spacial score (nSPS) is 11.0. The van der Waals surface area contributed by atoms with Gasteiger partial charge < -0.3 is 10.6 Å². The van der Waals surface area contributed by atoms with E-state index < -0.39 is 16.1 Å². The fourth-order valence-electron chi connectivity index (χ4n) is 3.10. The number of sulfonamides is 1. The van der Waals surface area contributed by atoms with Crippen molar-refractivity contribution >= 4 is 44.9 Å². The second-order valence-corrected chi connectivity index (χ2v) is 9.44. The second-order valence-electron chi connectivity index (χ2n) is 7.12. The van der Waals surface area contributed by atoms with Crippen LogP contribution in [0.5, 0.6) is 0 Å². The number of carbonyl (C=O) groups excluding carboxylic acids is 1. The summed E-state index contributed by atoms with van der Waals surface area (Å²) in [6.07, 6.45) is 3.10. The van der Waals surface area contributed by atoms with Crippen LogP contribution in [0.1, 0.15) is 0 Å². The molecule has 2 amide bonds. The summed E-state index contributed by atoms with van der Waals surface area (Å²) in [5.74, 6) is -0.382. The van der Waals surface area contributed by atoms with Gasteiger partial charge in [0, 0.05) is 35.5 Å². The van der Waals surface area contributed by atoms with E-state index in [1.165, 1.54) is 48.5 Å². The minimum atomic E-state index is -4.09. The number of rotatable bonds is 6. The van der Waals surface area contributed by atoms with E-state index in [1.807, 2.05) is 0 Å². The number of benzene rings is 3. The molecule has 0 atom stereocenters. The lowest BCUT2D eigenvalue weighted by molar-refractivity contribution is 0.262. The zero-order valence-electron chi connectivity index (χ0n) is 17.5. The first-order chi connectivity index (χ1) is 16.3. The summed E-state index contributed by atoms with van der Waals surface area (Å²) in [5, 5.41) is 5.30. The Hall–Kier alpha value is -3.95. The summed E-state index contributed by atoms with van der Waals surface area (Å²) in [6, 6.07) is 20.8. The maximum absolute atomic E-state index is 13.2. The van der Waals surface area contributed by atoms with Crippen LogP contribution in [0.4, 0.5) is 26.2 Å². The number of anilines is 3. The number of halogens is 2. The van der Waals surface area contributed by atoms with Crippen molar-refractivity contribution in [3.63, 3.8) is 0 Å². The molecular weight excluding hydrogens is 479 g/mol. The molecule has 0 fully saturated rings. The Kier molecular flexibility index (Phi) is 6.76. The van der Waals surface area contributed by atoms with Gasteiger partial charge in [0.25, 0.3) is 10.0 Å². The van der Waals surface area contributed by atoms with Gasteiger partial charge in [-0.25, -0.2) is 9.18 Å². The van der Waals surface area contributed by atoms with Gasteiger partial charge in [0.05, 0.1) is 10.6 Å². The van der Waals surface area contributed by atoms with Crippen LogP contribution < -0.4 is 14.5 Å². The zero-order valence-corrected chi connectivity index (χ0v) is 19.1. The highest BCUT2D eigenvalue weighted by Gasteiger charge is 2.24. The van der Waals surface area contributed by atoms with Gasteiger partial charge in [-0.1, -0.05) is 24.3 Å². The van der Waals surface area contributed by atoms with Gasteiger partial charge in [0.15, 0.2) is 0 Å². The SMILES string of the molecule is O=C(Nc1ccncc1)Nc1ccc(N(Cl)S(=O)(=O)c2cccc(-c3ccc(F)cc3)c2)cc1. The predicted molar refractivity (Wildman–Crippen MR) is 131 cm³/mol. The Balaban J connectivity index is 1.48. The van der Waals surface area contributed by atoms with Crippen molar-refractivity contribution in [2.75, 3.05) is 14.5 Å². The first kappa shape index (κ1) is 23.2. The monoisotopic (exact) mass is 496 g/mol. The van der Waals surface area contributed by atoms with Gasteiger partial charge in [-0.05, 0) is 71.8 Å². The van der Waals surface area contributed by atoms with Crippen LogP contribution in [0.15, 0.2) is 102 Å². The molecule has 0 saturated heterocycles. The second kappa shape index (κ2) is 9.90. The van der Waals surface area contributed by atoms with Gasteiger partial charge in [0.2, 0.25) is 0 Å². The van der Waals surface area contributed by atoms with Crippen molar-refractivity contribution in [3.8, 4) is 11.1 Å². The third kappa shape index (κ3) is 5.33. The lowest BCUT2D eigenvalue weighted by Gasteiger charge is -2.17. The molecule has 4 aromatic rings. The highest BCUT2D eigenvalue weighted by molar-refractivity contribution is 7.94. The van der Waals surface area contributed by atoms with Crippen LogP contribution in [-0.2, 0) is 10.0 Å². The van der Waals surface area contributed by atoms with E-state index >= 15 is 0 Å². The lowest BCUT2D eigenvalue weighted by Crippen LogP contribution is -2.22. The number of hydrogen-bond donors (Lipinski definition) is 2. The highest BCUT2D eigenvalue weighted by atomic mass is 35.5. The zero-order chi connectivity index (χ0) is 24.1. The fourth-order valence-corrected chi connectivity index (χ4v) is 4.56. The van der Waals surface area contributed by atoms with E-state index in [0.717, 1.165) is 0 Å². The molecule has 3 aromatic carbocycles. The lowest BCUT2D eigenvalue weighted by atomic mass is 10.1. The van der Waals surface area contributed by atoms with Crippen molar-refractivity contribution in [2.24, 2.45) is 0 Å². The van der Waals surface area contributed by atoms with Crippen LogP contribution in [0.25, 0.3) is 11.1 Å². The molecule has 2 N–H and O–H groups in total. The average molecular weight is 497 g/mol. The first-order valence-corrected chi connectivity index (χ1v) is 11.8. The van der Waals surface area contributed by atoms with Crippen LogP contribution >= 0.6 is 11.8 Å². The number of pyridine rings is 1. The van der Waals surface area contributed by atoms with Crippen LogP contribution in [-0.4, -0.2) is 19.4 Å². The molecule has 0 radical (unpaired) electrons. The van der Waals surface area contributed by atoms with Crippen LogP contribution in [0.3, 0.4) is 0 Å². The summed E-state index contributed by atoms with van der Waals surface area (Å²) in [5.41, 5.74) is 2.47. The van der Waals surface area contributed by atoms with Gasteiger partial charge in [0.1, 0.15) is 5.82 Å². The van der Waals surface area contributed by atoms with Gasteiger partial charge in [-0.3, -0.25) is 4.98 Å². The van der Waals surface area contributed by atoms with E-state index in [2.05, 4.69) is 15.6 Å². The summed E-state index contributed by atoms with van der Waals surface area (Å²) < 4.78 is 40.0. The van der Waals surface area contributed by atoms with Crippen molar-refractivity contribution in [3.05, 3.63) is 103 Å². The molecule has 0 saturated carbocycles. The van der Waals surface area contributed by atoms with E-state index in [-0.39, 0.29) is 16.4 Å². The molecule has 0 bridgehead atoms. The van der Waals surface area contributed by atoms with Crippen LogP contribution in [0, 0.1) is 5.82 Å². The van der Waals surface area contributed by atoms with Crippen LogP contribution in [0.2, 0.25) is 0 Å². The molecule has 4 rings (SSSR count). The summed E-state index contributed by atoms with van der Waals surface area (Å²) >= 11 is 6.21. The van der Waals surface area contributed by atoms with Gasteiger partial charge in [-0.15, -0.1) is 0 Å². The molecule has 1 heterocycles. The Labute approximate surface area is 201 Å². The van der Waals surface area contributed by atoms with Crippen molar-refractivity contribution in [1.82, 2.24) is 4.98 Å². The van der Waals surface area contributed by atoms with E-state index in [4.69, 9.17) is 11.8 Å². The number of hydrogen-bond acceptors (Lipinski definition) is 4. The molecule has 34 heavy (non-hydrogen) atoms. The van der Waals surface area contributed by atoms with E-state index in [1.54, 1.807) is 48.8 Å². The number of nitrogens with zero attached hydrogens (tertiary/aromatic N) is 2. The molecule has 7 nitrogen and oxygen atoms in total. The minimum absolute atomic E-state index is 0.0248. The average Bonchev–Trinajstić information content (AvgIpc) is 2.85. The molecule has 172 valence electrons. The van der Waals surface area contributed by atoms with Crippen molar-refractivity contribution < 1.29 is 17.6 Å². The van der Waals surface area contributed by atoms with E-state index in [9.17, 15) is 17.6 Å². The smallest absolute Gasteiger partial charge is 0.308 e. The van der Waals surface area contributed by atoms with Gasteiger partial charge in [-0.2, -0.15) is 12.2 Å². The molecule has 0 unspecified atom stereocenters. The topological polar surface area (TPSA) is 91.4 Å². The molecule has 0 aliphatic carbocycles. The maximum atomic E-state index is 13.2. The Morgan fingerprint density at radius 3 is 2.09 bits per heavy atom. The Bertz CT molecular complexity index is 1400. The highest BCUT2D eigenvalue weighted by Crippen LogP contribution is 2.29. The Morgan fingerprint density at radius 1 is 0.824 bits per heavy atom. The molecule has 0 aliphatic rings. The Morgan fingerprint density at radius 2 is 1.44 bits per heavy atom. The van der Waals surface area contributed by atoms with E-state index in [0.29, 0.717) is 26.3 Å². The molecule has 1 aromatic heterocycles. The van der Waals surface area contributed by atoms with Crippen molar-refractivity contribution in [2.45, 2.75) is 4.90 Å². The quantitative estimate of drug-likeness (QED) is 0.326. The summed E-state index contributed by atoms with van der Waals surface area (Å²) in [7, 11) is -4.09. The molecular formula is C24H18ClFN4O3S.